The fourth-order valence-electron chi connectivity index (χ4n) is 1.42. The molecule has 0 radical (unpaired) electrons. The fraction of sp³-hybridized carbons (Fsp3) is 0.273. The first-order valence-electron chi connectivity index (χ1n) is 4.35. The van der Waals surface area contributed by atoms with E-state index in [-0.39, 0.29) is 0 Å². The van der Waals surface area contributed by atoms with Gasteiger partial charge in [0, 0.05) is 6.08 Å². The van der Waals surface area contributed by atoms with Gasteiger partial charge in [-0.05, 0) is 34.0 Å². The molecule has 0 saturated carbocycles. The molecular weight excluding hydrogens is 178 g/mol. The van der Waals surface area contributed by atoms with E-state index in [0.29, 0.717) is 5.92 Å². The van der Waals surface area contributed by atoms with Crippen molar-refractivity contribution in [2.24, 2.45) is 10.9 Å². The highest BCUT2D eigenvalue weighted by molar-refractivity contribution is 7.07. The molecular formula is C11H11NS. The number of nitrogens with zero attached hydrogens (tertiary/aromatic N) is 1. The molecule has 0 N–H and O–H groups in total. The Balaban J connectivity index is 2.85. The SMILES string of the molecule is CC(C)C1=c2ccsc2=CN=C=C1. The number of rotatable bonds is 1. The van der Waals surface area contributed by atoms with E-state index in [1.165, 1.54) is 15.3 Å². The minimum absolute atomic E-state index is 0.530. The van der Waals surface area contributed by atoms with Crippen molar-refractivity contribution in [1.29, 1.82) is 0 Å². The summed E-state index contributed by atoms with van der Waals surface area (Å²) in [6.07, 6.45) is 3.87. The van der Waals surface area contributed by atoms with E-state index in [1.54, 1.807) is 11.3 Å². The quantitative estimate of drug-likeness (QED) is 0.635. The van der Waals surface area contributed by atoms with Crippen molar-refractivity contribution < 1.29 is 0 Å². The summed E-state index contributed by atoms with van der Waals surface area (Å²) in [7, 11) is 0. The Hall–Kier alpha value is -1.11. The van der Waals surface area contributed by atoms with Gasteiger partial charge in [-0.2, -0.15) is 0 Å². The van der Waals surface area contributed by atoms with Crippen LogP contribution in [-0.2, 0) is 0 Å². The predicted octanol–water partition coefficient (Wildman–Crippen LogP) is 1.53. The Bertz CT molecular complexity index is 484. The van der Waals surface area contributed by atoms with Crippen LogP contribution in [0.3, 0.4) is 0 Å². The van der Waals surface area contributed by atoms with Crippen molar-refractivity contribution in [3.8, 4) is 0 Å². The van der Waals surface area contributed by atoms with Gasteiger partial charge in [-0.25, -0.2) is 4.99 Å². The third-order valence-corrected chi connectivity index (χ3v) is 2.96. The van der Waals surface area contributed by atoms with Gasteiger partial charge in [0.1, 0.15) is 0 Å². The van der Waals surface area contributed by atoms with Gasteiger partial charge in [0.25, 0.3) is 0 Å². The van der Waals surface area contributed by atoms with Gasteiger partial charge >= 0.3 is 0 Å². The summed E-state index contributed by atoms with van der Waals surface area (Å²) in [4.78, 5) is 4.08. The lowest BCUT2D eigenvalue weighted by molar-refractivity contribution is 0.857. The van der Waals surface area contributed by atoms with E-state index in [2.05, 4.69) is 36.2 Å². The third kappa shape index (κ3) is 1.51. The van der Waals surface area contributed by atoms with Crippen LogP contribution in [-0.4, -0.2) is 5.87 Å². The Morgan fingerprint density at radius 3 is 3.08 bits per heavy atom. The molecule has 1 aliphatic rings. The molecule has 2 rings (SSSR count). The molecule has 1 aromatic heterocycles. The highest BCUT2D eigenvalue weighted by Gasteiger charge is 2.03. The first-order chi connectivity index (χ1) is 6.29. The Labute approximate surface area is 81.4 Å². The van der Waals surface area contributed by atoms with Crippen molar-refractivity contribution >= 4 is 29.0 Å². The van der Waals surface area contributed by atoms with E-state index in [1.807, 2.05) is 12.3 Å². The van der Waals surface area contributed by atoms with Crippen LogP contribution in [0.2, 0.25) is 0 Å². The monoisotopic (exact) mass is 189 g/mol. The van der Waals surface area contributed by atoms with Gasteiger partial charge in [-0.3, -0.25) is 0 Å². The molecule has 0 atom stereocenters. The van der Waals surface area contributed by atoms with Gasteiger partial charge < -0.3 is 0 Å². The molecule has 1 nitrogen and oxygen atoms in total. The largest absolute Gasteiger partial charge is 0.213 e. The van der Waals surface area contributed by atoms with Crippen LogP contribution >= 0.6 is 11.3 Å². The Morgan fingerprint density at radius 1 is 1.46 bits per heavy atom. The molecule has 0 aromatic carbocycles. The molecule has 0 saturated heterocycles. The lowest BCUT2D eigenvalue weighted by Gasteiger charge is -2.02. The molecule has 0 spiro atoms. The highest BCUT2D eigenvalue weighted by Crippen LogP contribution is 2.09. The number of aliphatic imine (C=N–C) groups is 1. The maximum atomic E-state index is 4.08. The lowest BCUT2D eigenvalue weighted by atomic mass is 10.0. The highest BCUT2D eigenvalue weighted by atomic mass is 32.1. The van der Waals surface area contributed by atoms with Crippen molar-refractivity contribution in [2.75, 3.05) is 0 Å². The zero-order valence-corrected chi connectivity index (χ0v) is 8.56. The van der Waals surface area contributed by atoms with Crippen LogP contribution in [0.25, 0.3) is 11.8 Å². The normalized spacial score (nSPS) is 14.2. The van der Waals surface area contributed by atoms with Crippen LogP contribution in [0.15, 0.2) is 22.5 Å². The van der Waals surface area contributed by atoms with Crippen LogP contribution in [0.4, 0.5) is 0 Å². The number of thiophene rings is 1. The first-order valence-corrected chi connectivity index (χ1v) is 5.23. The van der Waals surface area contributed by atoms with Crippen LogP contribution in [0.5, 0.6) is 0 Å². The number of hydrogen-bond acceptors (Lipinski definition) is 2. The zero-order chi connectivity index (χ0) is 9.26. The third-order valence-electron chi connectivity index (χ3n) is 2.10. The summed E-state index contributed by atoms with van der Waals surface area (Å²) < 4.78 is 1.24. The van der Waals surface area contributed by atoms with E-state index in [4.69, 9.17) is 0 Å². The van der Waals surface area contributed by atoms with Gasteiger partial charge in [0.2, 0.25) is 0 Å². The molecule has 0 fully saturated rings. The minimum atomic E-state index is 0.530. The summed E-state index contributed by atoms with van der Waals surface area (Å²) in [6, 6.07) is 2.16. The molecule has 0 amide bonds. The van der Waals surface area contributed by atoms with Crippen LogP contribution < -0.4 is 9.75 Å². The summed E-state index contributed by atoms with van der Waals surface area (Å²) >= 11 is 1.73. The van der Waals surface area contributed by atoms with Crippen molar-refractivity contribution in [3.05, 3.63) is 27.3 Å². The molecule has 1 aliphatic heterocycles. The predicted molar refractivity (Wildman–Crippen MR) is 58.3 cm³/mol. The maximum Gasteiger partial charge on any atom is 0.0546 e. The minimum Gasteiger partial charge on any atom is -0.213 e. The standard InChI is InChI=1S/C11H11NS/c1-8(2)9-3-5-12-7-11-10(9)4-6-13-11/h3-4,6-8H,1-2H3. The van der Waals surface area contributed by atoms with Gasteiger partial charge in [0.05, 0.1) is 10.7 Å². The average Bonchev–Trinajstić information content (AvgIpc) is 2.44. The van der Waals surface area contributed by atoms with Gasteiger partial charge in [0.15, 0.2) is 0 Å². The van der Waals surface area contributed by atoms with Gasteiger partial charge in [-0.15, -0.1) is 11.3 Å². The first kappa shape index (κ1) is 8.49. The fourth-order valence-corrected chi connectivity index (χ4v) is 2.19. The summed E-state index contributed by atoms with van der Waals surface area (Å²) in [5.41, 5.74) is 1.33. The van der Waals surface area contributed by atoms with E-state index in [9.17, 15) is 0 Å². The van der Waals surface area contributed by atoms with Crippen molar-refractivity contribution in [2.45, 2.75) is 13.8 Å². The molecule has 1 aromatic rings. The molecule has 66 valence electrons. The molecule has 0 aliphatic carbocycles. The molecule has 2 heteroatoms. The van der Waals surface area contributed by atoms with Gasteiger partial charge in [-0.1, -0.05) is 13.8 Å². The number of hydrogen-bond donors (Lipinski definition) is 0. The lowest BCUT2D eigenvalue weighted by Crippen LogP contribution is -2.21. The summed E-state index contributed by atoms with van der Waals surface area (Å²) in [5.74, 6) is 3.46. The second-order valence-corrected chi connectivity index (χ2v) is 4.29. The van der Waals surface area contributed by atoms with Crippen LogP contribution in [0.1, 0.15) is 13.8 Å². The molecule has 2 heterocycles. The van der Waals surface area contributed by atoms with Crippen molar-refractivity contribution in [1.82, 2.24) is 0 Å². The average molecular weight is 189 g/mol. The van der Waals surface area contributed by atoms with Crippen LogP contribution in [0, 0.1) is 5.92 Å². The zero-order valence-electron chi connectivity index (χ0n) is 7.74. The molecule has 13 heavy (non-hydrogen) atoms. The maximum absolute atomic E-state index is 4.08. The van der Waals surface area contributed by atoms with Crippen molar-refractivity contribution in [3.63, 3.8) is 0 Å². The molecule has 0 bridgehead atoms. The van der Waals surface area contributed by atoms with E-state index in [0.717, 1.165) is 0 Å². The Kier molecular flexibility index (Phi) is 2.17. The second-order valence-electron chi connectivity index (χ2n) is 3.34. The summed E-state index contributed by atoms with van der Waals surface area (Å²) in [6.45, 7) is 4.39. The number of allylic oxidation sites excluding steroid dienone is 1. The second kappa shape index (κ2) is 3.33. The number of fused-ring (bicyclic) bond motifs is 1. The van der Waals surface area contributed by atoms with E-state index < -0.39 is 0 Å². The topological polar surface area (TPSA) is 12.4 Å². The molecule has 0 unspecified atom stereocenters. The smallest absolute Gasteiger partial charge is 0.0546 e. The summed E-state index contributed by atoms with van der Waals surface area (Å²) in [5, 5.41) is 3.42. The Morgan fingerprint density at radius 2 is 2.31 bits per heavy atom. The van der Waals surface area contributed by atoms with E-state index >= 15 is 0 Å².